The Morgan fingerprint density at radius 3 is 2.64 bits per heavy atom. The molecule has 2 unspecified atom stereocenters. The van der Waals surface area contributed by atoms with E-state index < -0.39 is 5.54 Å². The van der Waals surface area contributed by atoms with Crippen molar-refractivity contribution in [2.45, 2.75) is 38.6 Å². The fraction of sp³-hybridized carbons (Fsp3) is 0.800. The summed E-state index contributed by atoms with van der Waals surface area (Å²) in [4.78, 5) is 22.9. The Morgan fingerprint density at radius 1 is 1.43 bits per heavy atom. The van der Waals surface area contributed by atoms with Crippen molar-refractivity contribution in [3.05, 3.63) is 0 Å². The SMILES string of the molecule is CC(C)C1CCCC12NC(=O)NC2=O. The topological polar surface area (TPSA) is 58.2 Å². The molecule has 1 saturated carbocycles. The van der Waals surface area contributed by atoms with E-state index in [9.17, 15) is 9.59 Å². The van der Waals surface area contributed by atoms with Gasteiger partial charge in [0.2, 0.25) is 0 Å². The maximum atomic E-state index is 11.7. The second-order valence-electron chi connectivity index (χ2n) is 4.62. The van der Waals surface area contributed by atoms with Gasteiger partial charge in [-0.15, -0.1) is 0 Å². The highest BCUT2D eigenvalue weighted by Gasteiger charge is 2.54. The van der Waals surface area contributed by atoms with Gasteiger partial charge in [-0.25, -0.2) is 4.79 Å². The molecule has 4 nitrogen and oxygen atoms in total. The van der Waals surface area contributed by atoms with Crippen molar-refractivity contribution < 1.29 is 9.59 Å². The number of carbonyl (C=O) groups excluding carboxylic acids is 2. The smallest absolute Gasteiger partial charge is 0.322 e. The number of amides is 3. The van der Waals surface area contributed by atoms with Crippen LogP contribution in [0.15, 0.2) is 0 Å². The first-order chi connectivity index (χ1) is 6.56. The Balaban J connectivity index is 2.30. The molecule has 1 spiro atoms. The molecule has 0 radical (unpaired) electrons. The molecule has 2 aliphatic rings. The van der Waals surface area contributed by atoms with Crippen LogP contribution in [0.1, 0.15) is 33.1 Å². The van der Waals surface area contributed by atoms with Crippen molar-refractivity contribution in [1.29, 1.82) is 0 Å². The molecule has 0 aromatic carbocycles. The van der Waals surface area contributed by atoms with Crippen LogP contribution < -0.4 is 10.6 Å². The van der Waals surface area contributed by atoms with Crippen LogP contribution in [0.25, 0.3) is 0 Å². The van der Waals surface area contributed by atoms with Gasteiger partial charge in [0.05, 0.1) is 0 Å². The van der Waals surface area contributed by atoms with E-state index in [0.717, 1.165) is 19.3 Å². The van der Waals surface area contributed by atoms with Gasteiger partial charge in [-0.3, -0.25) is 10.1 Å². The molecule has 78 valence electrons. The normalized spacial score (nSPS) is 36.6. The maximum Gasteiger partial charge on any atom is 0.322 e. The monoisotopic (exact) mass is 196 g/mol. The van der Waals surface area contributed by atoms with Gasteiger partial charge in [0.1, 0.15) is 5.54 Å². The minimum absolute atomic E-state index is 0.126. The summed E-state index contributed by atoms with van der Waals surface area (Å²) in [6, 6.07) is -0.331. The van der Waals surface area contributed by atoms with E-state index in [1.54, 1.807) is 0 Å². The lowest BCUT2D eigenvalue weighted by atomic mass is 9.80. The minimum atomic E-state index is -0.592. The summed E-state index contributed by atoms with van der Waals surface area (Å²) < 4.78 is 0. The van der Waals surface area contributed by atoms with E-state index in [-0.39, 0.29) is 17.9 Å². The van der Waals surface area contributed by atoms with Crippen LogP contribution in [0.5, 0.6) is 0 Å². The fourth-order valence-corrected chi connectivity index (χ4v) is 2.88. The summed E-state index contributed by atoms with van der Waals surface area (Å²) in [5.41, 5.74) is -0.592. The summed E-state index contributed by atoms with van der Waals surface area (Å²) in [5, 5.41) is 5.16. The van der Waals surface area contributed by atoms with Crippen molar-refractivity contribution in [2.75, 3.05) is 0 Å². The van der Waals surface area contributed by atoms with Crippen LogP contribution in [-0.4, -0.2) is 17.5 Å². The first kappa shape index (κ1) is 9.49. The van der Waals surface area contributed by atoms with Gasteiger partial charge in [0.25, 0.3) is 5.91 Å². The molecule has 1 saturated heterocycles. The Morgan fingerprint density at radius 2 is 2.14 bits per heavy atom. The summed E-state index contributed by atoms with van der Waals surface area (Å²) in [6.07, 6.45) is 2.84. The first-order valence-electron chi connectivity index (χ1n) is 5.20. The third kappa shape index (κ3) is 1.13. The third-order valence-electron chi connectivity index (χ3n) is 3.49. The van der Waals surface area contributed by atoms with Crippen molar-refractivity contribution >= 4 is 11.9 Å². The van der Waals surface area contributed by atoms with Gasteiger partial charge in [0, 0.05) is 0 Å². The van der Waals surface area contributed by atoms with E-state index in [4.69, 9.17) is 0 Å². The Kier molecular flexibility index (Phi) is 2.01. The number of imide groups is 1. The molecule has 1 heterocycles. The summed E-state index contributed by atoms with van der Waals surface area (Å²) in [7, 11) is 0. The molecule has 4 heteroatoms. The van der Waals surface area contributed by atoms with Crippen LogP contribution in [0.4, 0.5) is 4.79 Å². The standard InChI is InChI=1S/C10H16N2O2/c1-6(2)7-4-3-5-10(7)8(13)11-9(14)12-10/h6-7H,3-5H2,1-2H3,(H2,11,12,13,14). The molecule has 2 fully saturated rings. The second-order valence-corrected chi connectivity index (χ2v) is 4.62. The van der Waals surface area contributed by atoms with Gasteiger partial charge in [-0.05, 0) is 24.7 Å². The molecule has 1 aliphatic heterocycles. The average Bonchev–Trinajstić information content (AvgIpc) is 2.59. The number of hydrogen-bond donors (Lipinski definition) is 2. The van der Waals surface area contributed by atoms with E-state index >= 15 is 0 Å². The van der Waals surface area contributed by atoms with E-state index in [0.29, 0.717) is 5.92 Å². The zero-order valence-electron chi connectivity index (χ0n) is 8.59. The summed E-state index contributed by atoms with van der Waals surface area (Å²) in [6.45, 7) is 4.21. The highest BCUT2D eigenvalue weighted by Crippen LogP contribution is 2.41. The largest absolute Gasteiger partial charge is 0.323 e. The summed E-state index contributed by atoms with van der Waals surface area (Å²) >= 11 is 0. The molecule has 3 amide bonds. The lowest BCUT2D eigenvalue weighted by Crippen LogP contribution is -2.51. The minimum Gasteiger partial charge on any atom is -0.323 e. The predicted octanol–water partition coefficient (Wildman–Crippen LogP) is 1.02. The number of nitrogens with one attached hydrogen (secondary N) is 2. The van der Waals surface area contributed by atoms with Gasteiger partial charge < -0.3 is 5.32 Å². The molecule has 2 N–H and O–H groups in total. The van der Waals surface area contributed by atoms with Crippen LogP contribution in [0, 0.1) is 11.8 Å². The Bertz CT molecular complexity index is 288. The Hall–Kier alpha value is -1.06. The molecule has 1 aliphatic carbocycles. The number of rotatable bonds is 1. The molecule has 0 aromatic heterocycles. The quantitative estimate of drug-likeness (QED) is 0.615. The number of urea groups is 1. The highest BCUT2D eigenvalue weighted by molar-refractivity contribution is 6.07. The van der Waals surface area contributed by atoms with Crippen molar-refractivity contribution in [3.63, 3.8) is 0 Å². The molecule has 0 aromatic rings. The van der Waals surface area contributed by atoms with Gasteiger partial charge in [-0.1, -0.05) is 20.3 Å². The maximum absolute atomic E-state index is 11.7. The molecule has 2 rings (SSSR count). The third-order valence-corrected chi connectivity index (χ3v) is 3.49. The van der Waals surface area contributed by atoms with Gasteiger partial charge in [-0.2, -0.15) is 0 Å². The average molecular weight is 196 g/mol. The van der Waals surface area contributed by atoms with Crippen LogP contribution in [-0.2, 0) is 4.79 Å². The van der Waals surface area contributed by atoms with Crippen molar-refractivity contribution in [1.82, 2.24) is 10.6 Å². The van der Waals surface area contributed by atoms with E-state index in [1.807, 2.05) is 0 Å². The summed E-state index contributed by atoms with van der Waals surface area (Å²) in [5.74, 6) is 0.592. The van der Waals surface area contributed by atoms with Crippen molar-refractivity contribution in [2.24, 2.45) is 11.8 Å². The van der Waals surface area contributed by atoms with E-state index in [1.165, 1.54) is 0 Å². The Labute approximate surface area is 83.4 Å². The predicted molar refractivity (Wildman–Crippen MR) is 51.6 cm³/mol. The zero-order chi connectivity index (χ0) is 10.3. The van der Waals surface area contributed by atoms with Crippen LogP contribution in [0.2, 0.25) is 0 Å². The molecular formula is C10H16N2O2. The van der Waals surface area contributed by atoms with Crippen LogP contribution >= 0.6 is 0 Å². The molecular weight excluding hydrogens is 180 g/mol. The lowest BCUT2D eigenvalue weighted by Gasteiger charge is -2.30. The fourth-order valence-electron chi connectivity index (χ4n) is 2.88. The molecule has 2 atom stereocenters. The number of carbonyl (C=O) groups is 2. The number of hydrogen-bond acceptors (Lipinski definition) is 2. The van der Waals surface area contributed by atoms with Gasteiger partial charge >= 0.3 is 6.03 Å². The zero-order valence-corrected chi connectivity index (χ0v) is 8.59. The van der Waals surface area contributed by atoms with E-state index in [2.05, 4.69) is 24.5 Å². The van der Waals surface area contributed by atoms with Gasteiger partial charge in [0.15, 0.2) is 0 Å². The lowest BCUT2D eigenvalue weighted by molar-refractivity contribution is -0.125. The van der Waals surface area contributed by atoms with Crippen molar-refractivity contribution in [3.8, 4) is 0 Å². The first-order valence-corrected chi connectivity index (χ1v) is 5.20. The second kappa shape index (κ2) is 2.97. The molecule has 0 bridgehead atoms. The van der Waals surface area contributed by atoms with Crippen LogP contribution in [0.3, 0.4) is 0 Å². The molecule has 14 heavy (non-hydrogen) atoms. The highest BCUT2D eigenvalue weighted by atomic mass is 16.2.